The summed E-state index contributed by atoms with van der Waals surface area (Å²) in [5, 5.41) is 3.53. The maximum atomic E-state index is 5.14. The molecule has 0 heterocycles. The lowest BCUT2D eigenvalue weighted by atomic mass is 10.0. The largest absolute Gasteiger partial charge is 0.380 e. The second-order valence-electron chi connectivity index (χ2n) is 4.57. The molecule has 0 aliphatic rings. The molecule has 0 bridgehead atoms. The molecule has 1 N–H and O–H groups in total. The Labute approximate surface area is 105 Å². The van der Waals surface area contributed by atoms with Crippen molar-refractivity contribution in [3.8, 4) is 0 Å². The number of hydrogen-bond donors (Lipinski definition) is 1. The van der Waals surface area contributed by atoms with Crippen molar-refractivity contribution < 1.29 is 4.74 Å². The number of hydrogen-bond acceptors (Lipinski definition) is 2. The SMILES string of the molecule is CCC(CC)CNCc1cccc(COC)c1. The van der Waals surface area contributed by atoms with Crippen molar-refractivity contribution in [2.75, 3.05) is 13.7 Å². The Kier molecular flexibility index (Phi) is 6.90. The normalized spacial score (nSPS) is 11.1. The lowest BCUT2D eigenvalue weighted by Gasteiger charge is -2.13. The Balaban J connectivity index is 2.38. The molecule has 0 aliphatic carbocycles. The molecule has 17 heavy (non-hydrogen) atoms. The molecule has 0 fully saturated rings. The van der Waals surface area contributed by atoms with Crippen LogP contribution in [0.25, 0.3) is 0 Å². The highest BCUT2D eigenvalue weighted by molar-refractivity contribution is 5.22. The highest BCUT2D eigenvalue weighted by atomic mass is 16.5. The molecule has 0 atom stereocenters. The average Bonchev–Trinajstić information content (AvgIpc) is 2.36. The predicted octanol–water partition coefficient (Wildman–Crippen LogP) is 3.36. The third kappa shape index (κ3) is 5.33. The first-order valence-corrected chi connectivity index (χ1v) is 6.57. The molecule has 1 aromatic rings. The fraction of sp³-hybridized carbons (Fsp3) is 0.600. The second-order valence-corrected chi connectivity index (χ2v) is 4.57. The molecule has 0 saturated carbocycles. The Morgan fingerprint density at radius 1 is 1.18 bits per heavy atom. The van der Waals surface area contributed by atoms with Crippen molar-refractivity contribution in [1.29, 1.82) is 0 Å². The standard InChI is InChI=1S/C15H25NO/c1-4-13(5-2)10-16-11-14-7-6-8-15(9-14)12-17-3/h6-9,13,16H,4-5,10-12H2,1-3H3. The Hall–Kier alpha value is -0.860. The summed E-state index contributed by atoms with van der Waals surface area (Å²) in [6.07, 6.45) is 2.51. The minimum atomic E-state index is 0.695. The van der Waals surface area contributed by atoms with Crippen molar-refractivity contribution in [3.05, 3.63) is 35.4 Å². The number of benzene rings is 1. The molecule has 1 aromatic carbocycles. The molecular formula is C15H25NO. The molecule has 0 amide bonds. The van der Waals surface area contributed by atoms with Gasteiger partial charge in [0.15, 0.2) is 0 Å². The van der Waals surface area contributed by atoms with Crippen LogP contribution in [0, 0.1) is 5.92 Å². The highest BCUT2D eigenvalue weighted by Gasteiger charge is 2.02. The van der Waals surface area contributed by atoms with Gasteiger partial charge in [0.05, 0.1) is 6.61 Å². The van der Waals surface area contributed by atoms with Crippen molar-refractivity contribution in [2.45, 2.75) is 39.8 Å². The predicted molar refractivity (Wildman–Crippen MR) is 72.9 cm³/mol. The fourth-order valence-corrected chi connectivity index (χ4v) is 1.99. The quantitative estimate of drug-likeness (QED) is 0.746. The monoisotopic (exact) mass is 235 g/mol. The van der Waals surface area contributed by atoms with Gasteiger partial charge in [-0.25, -0.2) is 0 Å². The van der Waals surface area contributed by atoms with Gasteiger partial charge in [0.25, 0.3) is 0 Å². The molecule has 0 radical (unpaired) electrons. The van der Waals surface area contributed by atoms with Gasteiger partial charge in [0.1, 0.15) is 0 Å². The molecule has 0 aliphatic heterocycles. The molecule has 0 aromatic heterocycles. The Bertz CT molecular complexity index is 308. The van der Waals surface area contributed by atoms with Crippen molar-refractivity contribution in [3.63, 3.8) is 0 Å². The summed E-state index contributed by atoms with van der Waals surface area (Å²) in [7, 11) is 1.73. The lowest BCUT2D eigenvalue weighted by Crippen LogP contribution is -2.21. The molecule has 0 spiro atoms. The molecule has 0 unspecified atom stereocenters. The van der Waals surface area contributed by atoms with E-state index >= 15 is 0 Å². The number of methoxy groups -OCH3 is 1. The summed E-state index contributed by atoms with van der Waals surface area (Å²) in [6.45, 7) is 7.28. The van der Waals surface area contributed by atoms with Crippen LogP contribution in [0.3, 0.4) is 0 Å². The van der Waals surface area contributed by atoms with Gasteiger partial charge in [-0.1, -0.05) is 51.0 Å². The van der Waals surface area contributed by atoms with E-state index in [4.69, 9.17) is 4.74 Å². The minimum Gasteiger partial charge on any atom is -0.380 e. The Morgan fingerprint density at radius 3 is 2.53 bits per heavy atom. The van der Waals surface area contributed by atoms with E-state index in [1.165, 1.54) is 24.0 Å². The first-order chi connectivity index (χ1) is 8.30. The van der Waals surface area contributed by atoms with E-state index in [1.807, 2.05) is 0 Å². The van der Waals surface area contributed by atoms with Crippen LogP contribution in [0.1, 0.15) is 37.8 Å². The lowest BCUT2D eigenvalue weighted by molar-refractivity contribution is 0.185. The zero-order valence-corrected chi connectivity index (χ0v) is 11.3. The Morgan fingerprint density at radius 2 is 1.88 bits per heavy atom. The molecule has 2 nitrogen and oxygen atoms in total. The van der Waals surface area contributed by atoms with Crippen LogP contribution in [0.4, 0.5) is 0 Å². The first-order valence-electron chi connectivity index (χ1n) is 6.57. The van der Waals surface area contributed by atoms with E-state index in [1.54, 1.807) is 7.11 Å². The van der Waals surface area contributed by atoms with Crippen LogP contribution in [-0.4, -0.2) is 13.7 Å². The zero-order valence-electron chi connectivity index (χ0n) is 11.3. The van der Waals surface area contributed by atoms with Gasteiger partial charge in [-0.3, -0.25) is 0 Å². The van der Waals surface area contributed by atoms with Crippen LogP contribution >= 0.6 is 0 Å². The summed E-state index contributed by atoms with van der Waals surface area (Å²) >= 11 is 0. The topological polar surface area (TPSA) is 21.3 Å². The third-order valence-corrected chi connectivity index (χ3v) is 3.22. The molecule has 2 heteroatoms. The maximum absolute atomic E-state index is 5.14. The fourth-order valence-electron chi connectivity index (χ4n) is 1.99. The maximum Gasteiger partial charge on any atom is 0.0713 e. The summed E-state index contributed by atoms with van der Waals surface area (Å²) in [5.41, 5.74) is 2.58. The van der Waals surface area contributed by atoms with Crippen molar-refractivity contribution >= 4 is 0 Å². The smallest absolute Gasteiger partial charge is 0.0713 e. The molecule has 0 saturated heterocycles. The zero-order chi connectivity index (χ0) is 12.5. The van der Waals surface area contributed by atoms with Gasteiger partial charge in [-0.15, -0.1) is 0 Å². The van der Waals surface area contributed by atoms with Gasteiger partial charge < -0.3 is 10.1 Å². The van der Waals surface area contributed by atoms with E-state index in [0.29, 0.717) is 6.61 Å². The van der Waals surface area contributed by atoms with Gasteiger partial charge in [0, 0.05) is 13.7 Å². The minimum absolute atomic E-state index is 0.695. The summed E-state index contributed by atoms with van der Waals surface area (Å²) in [4.78, 5) is 0. The van der Waals surface area contributed by atoms with Crippen molar-refractivity contribution in [2.24, 2.45) is 5.92 Å². The summed E-state index contributed by atoms with van der Waals surface area (Å²) < 4.78 is 5.14. The van der Waals surface area contributed by atoms with E-state index < -0.39 is 0 Å². The second kappa shape index (κ2) is 8.26. The van der Waals surface area contributed by atoms with E-state index in [2.05, 4.69) is 43.4 Å². The first kappa shape index (κ1) is 14.2. The van der Waals surface area contributed by atoms with Crippen LogP contribution in [0.2, 0.25) is 0 Å². The third-order valence-electron chi connectivity index (χ3n) is 3.22. The van der Waals surface area contributed by atoms with Gasteiger partial charge in [-0.05, 0) is 23.6 Å². The molecule has 1 rings (SSSR count). The molecule has 96 valence electrons. The van der Waals surface area contributed by atoms with E-state index in [-0.39, 0.29) is 0 Å². The van der Waals surface area contributed by atoms with Gasteiger partial charge in [0.2, 0.25) is 0 Å². The summed E-state index contributed by atoms with van der Waals surface area (Å²) in [5.74, 6) is 0.803. The number of ether oxygens (including phenoxy) is 1. The van der Waals surface area contributed by atoms with Crippen molar-refractivity contribution in [1.82, 2.24) is 5.32 Å². The van der Waals surface area contributed by atoms with E-state index in [0.717, 1.165) is 19.0 Å². The van der Waals surface area contributed by atoms with Crippen LogP contribution in [0.5, 0.6) is 0 Å². The van der Waals surface area contributed by atoms with Gasteiger partial charge >= 0.3 is 0 Å². The van der Waals surface area contributed by atoms with Gasteiger partial charge in [-0.2, -0.15) is 0 Å². The van der Waals surface area contributed by atoms with Crippen LogP contribution in [0.15, 0.2) is 24.3 Å². The average molecular weight is 235 g/mol. The summed E-state index contributed by atoms with van der Waals surface area (Å²) in [6, 6.07) is 8.58. The van der Waals surface area contributed by atoms with Crippen LogP contribution < -0.4 is 5.32 Å². The number of nitrogens with one attached hydrogen (secondary N) is 1. The number of rotatable bonds is 8. The highest BCUT2D eigenvalue weighted by Crippen LogP contribution is 2.08. The van der Waals surface area contributed by atoms with E-state index in [9.17, 15) is 0 Å². The molecular weight excluding hydrogens is 210 g/mol. The van der Waals surface area contributed by atoms with Crippen LogP contribution in [-0.2, 0) is 17.9 Å².